The van der Waals surface area contributed by atoms with Crippen LogP contribution in [0, 0.1) is 17.8 Å². The molecule has 1 aromatic rings. The van der Waals surface area contributed by atoms with Gasteiger partial charge in [-0.3, -0.25) is 4.90 Å². The van der Waals surface area contributed by atoms with E-state index in [9.17, 15) is 21.6 Å². The fraction of sp³-hybridized carbons (Fsp3) is 0.692. The monoisotopic (exact) mass is 511 g/mol. The lowest BCUT2D eigenvalue weighted by Crippen LogP contribution is -2.52. The highest BCUT2D eigenvalue weighted by Gasteiger charge is 2.59. The first-order valence-electron chi connectivity index (χ1n) is 13.0. The van der Waals surface area contributed by atoms with Gasteiger partial charge in [-0.25, -0.2) is 0 Å². The van der Waals surface area contributed by atoms with E-state index in [0.717, 1.165) is 37.7 Å². The van der Waals surface area contributed by atoms with Crippen LogP contribution < -0.4 is 4.72 Å². The second kappa shape index (κ2) is 9.47. The first kappa shape index (κ1) is 25.2. The Morgan fingerprint density at radius 2 is 1.77 bits per heavy atom. The van der Waals surface area contributed by atoms with Gasteiger partial charge in [0.1, 0.15) is 0 Å². The molecule has 4 aliphatic rings. The van der Waals surface area contributed by atoms with Crippen molar-refractivity contribution in [2.75, 3.05) is 32.7 Å². The summed E-state index contributed by atoms with van der Waals surface area (Å²) in [6.07, 6.45) is 5.08. The fourth-order valence-corrected chi connectivity index (χ4v) is 8.67. The molecule has 5 nitrogen and oxygen atoms in total. The highest BCUT2D eigenvalue weighted by molar-refractivity contribution is 7.87. The molecule has 194 valence electrons. The van der Waals surface area contributed by atoms with E-state index in [1.165, 1.54) is 11.1 Å². The van der Waals surface area contributed by atoms with Crippen LogP contribution in [0.3, 0.4) is 0 Å². The molecule has 2 heterocycles. The van der Waals surface area contributed by atoms with Crippen LogP contribution in [0.2, 0.25) is 0 Å². The Hall–Kier alpha value is -1.42. The first-order valence-corrected chi connectivity index (χ1v) is 14.4. The maximum Gasteiger partial charge on any atom is 0.391 e. The normalized spacial score (nSPS) is 31.9. The van der Waals surface area contributed by atoms with Gasteiger partial charge in [-0.2, -0.15) is 30.6 Å². The molecule has 2 bridgehead atoms. The van der Waals surface area contributed by atoms with Gasteiger partial charge in [0.05, 0.1) is 11.5 Å². The lowest BCUT2D eigenvalue weighted by molar-refractivity contribution is -0.184. The topological polar surface area (TPSA) is 52.7 Å². The third-order valence-electron chi connectivity index (χ3n) is 8.78. The molecule has 0 amide bonds. The van der Waals surface area contributed by atoms with E-state index in [4.69, 9.17) is 0 Å². The zero-order chi connectivity index (χ0) is 24.8. The molecule has 3 fully saturated rings. The van der Waals surface area contributed by atoms with E-state index in [1.807, 2.05) is 13.0 Å². The predicted molar refractivity (Wildman–Crippen MR) is 131 cm³/mol. The molecule has 2 aliphatic carbocycles. The Balaban J connectivity index is 1.25. The number of hydrogen-bond acceptors (Lipinski definition) is 3. The standard InChI is InChI=1S/C26H36F3N3O2S/c1-2-11-32-18-25(30-35(32,33)34)23-7-8-24(25)17-21-15-19(5-6-20(21)16-23)4-3-12-31-13-9-22(10-14-31)26(27,28)29/h3-6,15,22-24,30H,2,7-14,16-18H2,1H3/b4-3+/t23-,24+,25+/m0/s1. The zero-order valence-electron chi connectivity index (χ0n) is 20.4. The molecule has 0 aromatic heterocycles. The summed E-state index contributed by atoms with van der Waals surface area (Å²) < 4.78 is 69.1. The van der Waals surface area contributed by atoms with Gasteiger partial charge >= 0.3 is 6.18 Å². The van der Waals surface area contributed by atoms with Gasteiger partial charge in [-0.1, -0.05) is 37.3 Å². The molecule has 1 N–H and O–H groups in total. The van der Waals surface area contributed by atoms with Crippen LogP contribution in [0.15, 0.2) is 24.3 Å². The molecule has 0 radical (unpaired) electrons. The molecule has 1 spiro atoms. The number of piperidine rings is 1. The number of alkyl halides is 3. The van der Waals surface area contributed by atoms with Crippen LogP contribution in [0.1, 0.15) is 55.7 Å². The van der Waals surface area contributed by atoms with Gasteiger partial charge in [0.2, 0.25) is 0 Å². The highest BCUT2D eigenvalue weighted by atomic mass is 32.2. The van der Waals surface area contributed by atoms with Crippen LogP contribution in [0.4, 0.5) is 13.2 Å². The molecule has 1 aromatic carbocycles. The van der Waals surface area contributed by atoms with Crippen LogP contribution in [0.25, 0.3) is 6.08 Å². The molecule has 9 heteroatoms. The van der Waals surface area contributed by atoms with Gasteiger partial charge < -0.3 is 0 Å². The molecule has 35 heavy (non-hydrogen) atoms. The maximum atomic E-state index is 12.9. The Kier molecular flexibility index (Phi) is 6.83. The summed E-state index contributed by atoms with van der Waals surface area (Å²) in [5, 5.41) is 0. The van der Waals surface area contributed by atoms with E-state index >= 15 is 0 Å². The molecule has 2 aliphatic heterocycles. The number of nitrogens with zero attached hydrogens (tertiary/aromatic N) is 2. The minimum Gasteiger partial charge on any atom is -0.300 e. The summed E-state index contributed by atoms with van der Waals surface area (Å²) in [5.74, 6) is -0.560. The van der Waals surface area contributed by atoms with Crippen molar-refractivity contribution in [3.63, 3.8) is 0 Å². The van der Waals surface area contributed by atoms with Crippen LogP contribution >= 0.6 is 0 Å². The number of nitrogens with one attached hydrogen (secondary N) is 1. The molecular formula is C26H36F3N3O2S. The van der Waals surface area contributed by atoms with Crippen LogP contribution in [0.5, 0.6) is 0 Å². The van der Waals surface area contributed by atoms with E-state index in [2.05, 4.69) is 33.9 Å². The molecule has 3 atom stereocenters. The van der Waals surface area contributed by atoms with Crippen molar-refractivity contribution >= 4 is 16.3 Å². The third-order valence-corrected chi connectivity index (χ3v) is 10.4. The third kappa shape index (κ3) is 4.93. The number of likely N-dealkylation sites (tertiary alicyclic amines) is 1. The lowest BCUT2D eigenvalue weighted by atomic mass is 9.79. The largest absolute Gasteiger partial charge is 0.391 e. The Morgan fingerprint density at radius 1 is 1.09 bits per heavy atom. The lowest BCUT2D eigenvalue weighted by Gasteiger charge is -2.33. The summed E-state index contributed by atoms with van der Waals surface area (Å²) in [4.78, 5) is 2.08. The summed E-state index contributed by atoms with van der Waals surface area (Å²) in [6, 6.07) is 6.52. The molecule has 1 saturated carbocycles. The second-order valence-electron chi connectivity index (χ2n) is 10.9. The van der Waals surface area contributed by atoms with Gasteiger partial charge in [0.15, 0.2) is 0 Å². The molecule has 0 unspecified atom stereocenters. The molecular weight excluding hydrogens is 475 g/mol. The van der Waals surface area contributed by atoms with Gasteiger partial charge in [0.25, 0.3) is 10.2 Å². The number of benzene rings is 1. The second-order valence-corrected chi connectivity index (χ2v) is 12.6. The van der Waals surface area contributed by atoms with Crippen molar-refractivity contribution in [1.29, 1.82) is 0 Å². The highest BCUT2D eigenvalue weighted by Crippen LogP contribution is 2.50. The summed E-state index contributed by atoms with van der Waals surface area (Å²) >= 11 is 0. The summed E-state index contributed by atoms with van der Waals surface area (Å²) in [6.45, 7) is 4.77. The van der Waals surface area contributed by atoms with Crippen molar-refractivity contribution in [3.8, 4) is 0 Å². The van der Waals surface area contributed by atoms with Gasteiger partial charge in [-0.05, 0) is 86.6 Å². The quantitative estimate of drug-likeness (QED) is 0.638. The van der Waals surface area contributed by atoms with E-state index in [0.29, 0.717) is 44.6 Å². The predicted octanol–water partition coefficient (Wildman–Crippen LogP) is 4.40. The molecule has 5 rings (SSSR count). The van der Waals surface area contributed by atoms with E-state index in [1.54, 1.807) is 4.31 Å². The van der Waals surface area contributed by atoms with Crippen molar-refractivity contribution in [1.82, 2.24) is 13.9 Å². The fourth-order valence-electron chi connectivity index (χ4n) is 6.86. The number of hydrogen-bond donors (Lipinski definition) is 1. The van der Waals surface area contributed by atoms with Crippen LogP contribution in [-0.2, 0) is 23.1 Å². The Labute approximate surface area is 206 Å². The number of rotatable bonds is 5. The number of halogens is 3. The minimum absolute atomic E-state index is 0.180. The van der Waals surface area contributed by atoms with E-state index in [-0.39, 0.29) is 18.4 Å². The Bertz CT molecular complexity index is 1070. The average Bonchev–Trinajstić information content (AvgIpc) is 3.19. The molecule has 2 saturated heterocycles. The van der Waals surface area contributed by atoms with E-state index < -0.39 is 22.3 Å². The van der Waals surface area contributed by atoms with Crippen molar-refractivity contribution in [2.45, 2.75) is 63.6 Å². The van der Waals surface area contributed by atoms with Gasteiger partial charge in [0, 0.05) is 19.6 Å². The summed E-state index contributed by atoms with van der Waals surface area (Å²) in [5.41, 5.74) is 3.35. The van der Waals surface area contributed by atoms with Crippen LogP contribution in [-0.4, -0.2) is 62.1 Å². The van der Waals surface area contributed by atoms with Crippen molar-refractivity contribution in [2.24, 2.45) is 17.8 Å². The maximum absolute atomic E-state index is 12.9. The summed E-state index contributed by atoms with van der Waals surface area (Å²) in [7, 11) is -3.42. The SMILES string of the molecule is CCCN1C[C@]2(NS1(=O)=O)[C@@H]1CC[C@H]2Cc2ccc(/C=C/CN3CCC(C(F)(F)F)CC3)cc2C1. The zero-order valence-corrected chi connectivity index (χ0v) is 21.2. The van der Waals surface area contributed by atoms with Crippen molar-refractivity contribution in [3.05, 3.63) is 41.0 Å². The van der Waals surface area contributed by atoms with Gasteiger partial charge in [-0.15, -0.1) is 0 Å². The smallest absolute Gasteiger partial charge is 0.300 e. The number of fused-ring (bicyclic) bond motifs is 1. The minimum atomic E-state index is -4.08. The Morgan fingerprint density at radius 3 is 2.43 bits per heavy atom. The average molecular weight is 512 g/mol. The van der Waals surface area contributed by atoms with Crippen molar-refractivity contribution < 1.29 is 21.6 Å². The first-order chi connectivity index (χ1) is 16.6.